The molecule has 0 aliphatic heterocycles. The average molecular weight is 206 g/mol. The topological polar surface area (TPSA) is 85.3 Å². The fraction of sp³-hybridized carbons (Fsp3) is 0.200. The van der Waals surface area contributed by atoms with Gasteiger partial charge in [0.05, 0.1) is 19.8 Å². The highest BCUT2D eigenvalue weighted by Gasteiger charge is 2.14. The molecule has 0 bridgehead atoms. The number of carbonyl (C=O) groups excluding carboxylic acids is 1. The van der Waals surface area contributed by atoms with Crippen molar-refractivity contribution in [3.63, 3.8) is 0 Å². The van der Waals surface area contributed by atoms with Gasteiger partial charge < -0.3 is 15.2 Å². The number of primary amides is 1. The highest BCUT2D eigenvalue weighted by molar-refractivity contribution is 5.94. The monoisotopic (exact) mass is 206 g/mol. The van der Waals surface area contributed by atoms with E-state index in [1.54, 1.807) is 0 Å². The van der Waals surface area contributed by atoms with E-state index in [0.29, 0.717) is 11.5 Å². The molecule has 15 heavy (non-hydrogen) atoms. The van der Waals surface area contributed by atoms with E-state index in [1.807, 2.05) is 6.07 Å². The molecule has 0 unspecified atom stereocenters. The Labute approximate surface area is 87.0 Å². The van der Waals surface area contributed by atoms with Gasteiger partial charge >= 0.3 is 0 Å². The number of hydrogen-bond acceptors (Lipinski definition) is 4. The van der Waals surface area contributed by atoms with Crippen molar-refractivity contribution in [3.8, 4) is 17.6 Å². The van der Waals surface area contributed by atoms with Gasteiger partial charge in [-0.05, 0) is 12.1 Å². The zero-order valence-corrected chi connectivity index (χ0v) is 8.40. The number of rotatable bonds is 3. The molecule has 0 saturated carbocycles. The Hall–Kier alpha value is -2.22. The quantitative estimate of drug-likeness (QED) is 0.787. The van der Waals surface area contributed by atoms with E-state index in [2.05, 4.69) is 0 Å². The summed E-state index contributed by atoms with van der Waals surface area (Å²) in [7, 11) is 2.84. The molecule has 1 amide bonds. The van der Waals surface area contributed by atoms with Crippen molar-refractivity contribution in [2.24, 2.45) is 5.73 Å². The van der Waals surface area contributed by atoms with Crippen LogP contribution in [-0.2, 0) is 0 Å². The van der Waals surface area contributed by atoms with E-state index in [1.165, 1.54) is 26.4 Å². The minimum atomic E-state index is -0.618. The molecule has 0 atom stereocenters. The first-order chi connectivity index (χ1) is 7.13. The minimum Gasteiger partial charge on any atom is -0.493 e. The maximum absolute atomic E-state index is 11.0. The third-order valence-electron chi connectivity index (χ3n) is 1.88. The predicted octanol–water partition coefficient (Wildman–Crippen LogP) is 0.674. The van der Waals surface area contributed by atoms with Crippen molar-refractivity contribution in [1.82, 2.24) is 0 Å². The van der Waals surface area contributed by atoms with Gasteiger partial charge in [-0.3, -0.25) is 4.79 Å². The summed E-state index contributed by atoms with van der Waals surface area (Å²) in [5.41, 5.74) is 5.53. The van der Waals surface area contributed by atoms with Gasteiger partial charge in [-0.15, -0.1) is 0 Å². The van der Waals surface area contributed by atoms with Crippen LogP contribution in [0.25, 0.3) is 0 Å². The first kappa shape index (κ1) is 10.9. The molecule has 0 saturated heterocycles. The van der Waals surface area contributed by atoms with Gasteiger partial charge in [0.25, 0.3) is 0 Å². The third kappa shape index (κ3) is 1.99. The van der Waals surface area contributed by atoms with E-state index < -0.39 is 5.91 Å². The Balaban J connectivity index is 3.44. The largest absolute Gasteiger partial charge is 0.493 e. The molecule has 1 aromatic carbocycles. The van der Waals surface area contributed by atoms with Crippen molar-refractivity contribution in [1.29, 1.82) is 5.26 Å². The normalized spacial score (nSPS) is 9.13. The molecule has 0 spiro atoms. The Kier molecular flexibility index (Phi) is 3.13. The van der Waals surface area contributed by atoms with Crippen LogP contribution in [0.4, 0.5) is 0 Å². The van der Waals surface area contributed by atoms with Gasteiger partial charge in [0.1, 0.15) is 6.07 Å². The van der Waals surface area contributed by atoms with Crippen LogP contribution in [0.3, 0.4) is 0 Å². The predicted molar refractivity (Wildman–Crippen MR) is 52.8 cm³/mol. The number of amides is 1. The molecule has 0 aliphatic rings. The summed E-state index contributed by atoms with van der Waals surface area (Å²) in [6, 6.07) is 4.70. The number of methoxy groups -OCH3 is 2. The summed E-state index contributed by atoms with van der Waals surface area (Å²) in [5, 5.41) is 8.84. The second-order valence-electron chi connectivity index (χ2n) is 2.74. The molecule has 0 aliphatic carbocycles. The molecule has 2 N–H and O–H groups in total. The molecule has 0 radical (unpaired) electrons. The van der Waals surface area contributed by atoms with Gasteiger partial charge in [0.15, 0.2) is 11.5 Å². The van der Waals surface area contributed by atoms with Crippen molar-refractivity contribution in [2.45, 2.75) is 0 Å². The molecule has 5 heteroatoms. The summed E-state index contributed by atoms with van der Waals surface area (Å²) < 4.78 is 9.98. The number of nitrogens with two attached hydrogens (primary N) is 1. The van der Waals surface area contributed by atoms with Gasteiger partial charge in [-0.1, -0.05) is 0 Å². The third-order valence-corrected chi connectivity index (χ3v) is 1.88. The second-order valence-corrected chi connectivity index (χ2v) is 2.74. The molecule has 78 valence electrons. The van der Waals surface area contributed by atoms with Crippen LogP contribution in [0, 0.1) is 11.3 Å². The summed E-state index contributed by atoms with van der Waals surface area (Å²) >= 11 is 0. The number of ether oxygens (including phenoxy) is 2. The Morgan fingerprint density at radius 1 is 1.40 bits per heavy atom. The van der Waals surface area contributed by atoms with Crippen LogP contribution in [-0.4, -0.2) is 20.1 Å². The Morgan fingerprint density at radius 3 is 2.47 bits per heavy atom. The van der Waals surface area contributed by atoms with Crippen molar-refractivity contribution < 1.29 is 14.3 Å². The zero-order chi connectivity index (χ0) is 11.4. The van der Waals surface area contributed by atoms with Crippen molar-refractivity contribution in [3.05, 3.63) is 23.3 Å². The summed E-state index contributed by atoms with van der Waals surface area (Å²) in [5.74, 6) is -0.0113. The number of nitriles is 1. The standard InChI is InChI=1S/C10H10N2O3/c1-14-8-4-6(10(12)13)3-7(5-11)9(8)15-2/h3-4H,1-2H3,(H2,12,13). The molecule has 0 fully saturated rings. The van der Waals surface area contributed by atoms with Crippen LogP contribution in [0.15, 0.2) is 12.1 Å². The van der Waals surface area contributed by atoms with Crippen LogP contribution in [0.5, 0.6) is 11.5 Å². The summed E-state index contributed by atoms with van der Waals surface area (Å²) in [6.45, 7) is 0. The van der Waals surface area contributed by atoms with Crippen molar-refractivity contribution in [2.75, 3.05) is 14.2 Å². The lowest BCUT2D eigenvalue weighted by Crippen LogP contribution is -2.11. The Morgan fingerprint density at radius 2 is 2.07 bits per heavy atom. The molecule has 1 rings (SSSR count). The molecule has 1 aromatic rings. The van der Waals surface area contributed by atoms with E-state index in [4.69, 9.17) is 20.5 Å². The SMILES string of the molecule is COc1cc(C(N)=O)cc(C#N)c1OC. The van der Waals surface area contributed by atoms with Gasteiger partial charge in [0.2, 0.25) is 5.91 Å². The smallest absolute Gasteiger partial charge is 0.248 e. The van der Waals surface area contributed by atoms with Crippen molar-refractivity contribution >= 4 is 5.91 Å². The first-order valence-electron chi connectivity index (χ1n) is 4.10. The van der Waals surface area contributed by atoms with Crippen LogP contribution in [0.1, 0.15) is 15.9 Å². The first-order valence-corrected chi connectivity index (χ1v) is 4.10. The number of nitrogens with zero attached hydrogens (tertiary/aromatic N) is 1. The highest BCUT2D eigenvalue weighted by Crippen LogP contribution is 2.31. The van der Waals surface area contributed by atoms with Crippen LogP contribution < -0.4 is 15.2 Å². The minimum absolute atomic E-state index is 0.212. The van der Waals surface area contributed by atoms with Gasteiger partial charge in [-0.2, -0.15) is 5.26 Å². The van der Waals surface area contributed by atoms with Crippen LogP contribution in [0.2, 0.25) is 0 Å². The summed E-state index contributed by atoms with van der Waals surface area (Å²) in [6.07, 6.45) is 0. The molecule has 5 nitrogen and oxygen atoms in total. The maximum Gasteiger partial charge on any atom is 0.248 e. The van der Waals surface area contributed by atoms with Gasteiger partial charge in [0, 0.05) is 5.56 Å². The van der Waals surface area contributed by atoms with E-state index in [-0.39, 0.29) is 11.1 Å². The molecule has 0 aromatic heterocycles. The lowest BCUT2D eigenvalue weighted by molar-refractivity contribution is 0.1000. The highest BCUT2D eigenvalue weighted by atomic mass is 16.5. The maximum atomic E-state index is 11.0. The van der Waals surface area contributed by atoms with E-state index in [0.717, 1.165) is 0 Å². The number of carbonyl (C=O) groups is 1. The second kappa shape index (κ2) is 4.33. The Bertz CT molecular complexity index is 435. The van der Waals surface area contributed by atoms with E-state index >= 15 is 0 Å². The fourth-order valence-corrected chi connectivity index (χ4v) is 1.19. The van der Waals surface area contributed by atoms with Gasteiger partial charge in [-0.25, -0.2) is 0 Å². The molecular weight excluding hydrogens is 196 g/mol. The van der Waals surface area contributed by atoms with Crippen LogP contribution >= 0.6 is 0 Å². The number of hydrogen-bond donors (Lipinski definition) is 1. The number of benzene rings is 1. The molecular formula is C10H10N2O3. The zero-order valence-electron chi connectivity index (χ0n) is 8.40. The molecule has 0 heterocycles. The lowest BCUT2D eigenvalue weighted by atomic mass is 10.1. The average Bonchev–Trinajstić information content (AvgIpc) is 2.26. The summed E-state index contributed by atoms with van der Waals surface area (Å²) in [4.78, 5) is 11.0. The fourth-order valence-electron chi connectivity index (χ4n) is 1.19. The van der Waals surface area contributed by atoms with E-state index in [9.17, 15) is 4.79 Å². The lowest BCUT2D eigenvalue weighted by Gasteiger charge is -2.09.